The van der Waals surface area contributed by atoms with Crippen LogP contribution < -0.4 is 5.73 Å². The van der Waals surface area contributed by atoms with Gasteiger partial charge in [-0.05, 0) is 35.4 Å². The smallest absolute Gasteiger partial charge is 0.138 e. The Morgan fingerprint density at radius 1 is 0.944 bits per heavy atom. The van der Waals surface area contributed by atoms with Crippen molar-refractivity contribution in [1.82, 2.24) is 0 Å². The molecule has 3 heteroatoms. The lowest BCUT2D eigenvalue weighted by Crippen LogP contribution is -2.18. The predicted octanol–water partition coefficient (Wildman–Crippen LogP) is 3.01. The molecule has 0 atom stereocenters. The molecule has 0 saturated heterocycles. The Labute approximate surface area is 107 Å². The summed E-state index contributed by atoms with van der Waals surface area (Å²) < 4.78 is 0. The Kier molecular flexibility index (Phi) is 2.91. The highest BCUT2D eigenvalue weighted by molar-refractivity contribution is 5.56. The maximum absolute atomic E-state index is 9.56. The van der Waals surface area contributed by atoms with Crippen molar-refractivity contribution in [2.24, 2.45) is 0 Å². The first-order valence-electron chi connectivity index (χ1n) is 5.80. The van der Waals surface area contributed by atoms with Crippen molar-refractivity contribution >= 4 is 5.69 Å². The largest absolute Gasteiger partial charge is 0.508 e. The van der Waals surface area contributed by atoms with Gasteiger partial charge in [-0.2, -0.15) is 0 Å². The van der Waals surface area contributed by atoms with Crippen molar-refractivity contribution in [1.29, 1.82) is 0 Å². The van der Waals surface area contributed by atoms with E-state index in [0.717, 1.165) is 11.1 Å². The summed E-state index contributed by atoms with van der Waals surface area (Å²) in [6.07, 6.45) is 0. The molecule has 0 amide bonds. The molecule has 0 bridgehead atoms. The highest BCUT2D eigenvalue weighted by Crippen LogP contribution is 2.35. The molecule has 94 valence electrons. The van der Waals surface area contributed by atoms with Gasteiger partial charge in [-0.3, -0.25) is 0 Å². The number of rotatable bonds is 2. The molecular weight excluding hydrogens is 226 g/mol. The van der Waals surface area contributed by atoms with Crippen molar-refractivity contribution in [3.8, 4) is 11.5 Å². The maximum Gasteiger partial charge on any atom is 0.138 e. The van der Waals surface area contributed by atoms with Crippen molar-refractivity contribution in [2.75, 3.05) is 5.73 Å². The van der Waals surface area contributed by atoms with E-state index in [9.17, 15) is 10.2 Å². The molecule has 0 unspecified atom stereocenters. The van der Waals surface area contributed by atoms with Crippen molar-refractivity contribution in [2.45, 2.75) is 19.3 Å². The first kappa shape index (κ1) is 12.3. The van der Waals surface area contributed by atoms with Gasteiger partial charge in [0.15, 0.2) is 0 Å². The Morgan fingerprint density at radius 2 is 1.61 bits per heavy atom. The van der Waals surface area contributed by atoms with Crippen LogP contribution in [0.5, 0.6) is 11.5 Å². The van der Waals surface area contributed by atoms with Gasteiger partial charge in [-0.25, -0.2) is 0 Å². The normalized spacial score (nSPS) is 11.4. The number of phenols is 2. The fourth-order valence-corrected chi connectivity index (χ4v) is 2.00. The Morgan fingerprint density at radius 3 is 2.22 bits per heavy atom. The predicted molar refractivity (Wildman–Crippen MR) is 72.8 cm³/mol. The summed E-state index contributed by atoms with van der Waals surface area (Å²) in [6, 6.07) is 12.4. The van der Waals surface area contributed by atoms with Gasteiger partial charge >= 0.3 is 0 Å². The van der Waals surface area contributed by atoms with E-state index in [4.69, 9.17) is 5.73 Å². The van der Waals surface area contributed by atoms with Crippen LogP contribution in [-0.2, 0) is 5.41 Å². The van der Waals surface area contributed by atoms with Crippen LogP contribution in [0.4, 0.5) is 5.69 Å². The number of hydrogen-bond acceptors (Lipinski definition) is 3. The number of anilines is 1. The summed E-state index contributed by atoms with van der Waals surface area (Å²) in [4.78, 5) is 0. The van der Waals surface area contributed by atoms with Crippen LogP contribution in [0, 0.1) is 0 Å². The van der Waals surface area contributed by atoms with Crippen LogP contribution >= 0.6 is 0 Å². The molecular formula is C15H17NO2. The lowest BCUT2D eigenvalue weighted by atomic mass is 9.78. The molecule has 2 aromatic rings. The van der Waals surface area contributed by atoms with Crippen molar-refractivity contribution < 1.29 is 10.2 Å². The topological polar surface area (TPSA) is 66.5 Å². The fourth-order valence-electron chi connectivity index (χ4n) is 2.00. The Hall–Kier alpha value is -2.16. The molecule has 0 radical (unpaired) electrons. The summed E-state index contributed by atoms with van der Waals surface area (Å²) in [6.45, 7) is 4.10. The number of nitrogen functional groups attached to an aromatic ring is 1. The Balaban J connectivity index is 2.50. The highest BCUT2D eigenvalue weighted by Gasteiger charge is 2.24. The molecule has 4 N–H and O–H groups in total. The molecule has 0 heterocycles. The molecule has 0 saturated carbocycles. The van der Waals surface area contributed by atoms with Gasteiger partial charge in [-0.15, -0.1) is 0 Å². The van der Waals surface area contributed by atoms with E-state index in [1.807, 2.05) is 32.0 Å². The summed E-state index contributed by atoms with van der Waals surface area (Å²) in [5.41, 5.74) is 7.78. The monoisotopic (exact) mass is 243 g/mol. The van der Waals surface area contributed by atoms with Gasteiger partial charge < -0.3 is 15.9 Å². The first-order chi connectivity index (χ1) is 8.41. The SMILES string of the molecule is CC(C)(c1cccc(O)c1)c1ccc(O)c(N)c1. The van der Waals surface area contributed by atoms with E-state index < -0.39 is 0 Å². The summed E-state index contributed by atoms with van der Waals surface area (Å²) in [5.74, 6) is 0.331. The summed E-state index contributed by atoms with van der Waals surface area (Å²) in [5, 5.41) is 19.0. The van der Waals surface area contributed by atoms with Gasteiger partial charge in [-0.1, -0.05) is 32.0 Å². The van der Waals surface area contributed by atoms with Crippen LogP contribution in [-0.4, -0.2) is 10.2 Å². The molecule has 0 aliphatic heterocycles. The molecule has 2 aromatic carbocycles. The zero-order valence-electron chi connectivity index (χ0n) is 10.5. The Bertz CT molecular complexity index is 576. The van der Waals surface area contributed by atoms with Crippen LogP contribution in [0.2, 0.25) is 0 Å². The molecule has 2 rings (SSSR count). The third kappa shape index (κ3) is 2.12. The third-order valence-electron chi connectivity index (χ3n) is 3.32. The molecule has 0 aliphatic rings. The number of aromatic hydroxyl groups is 2. The quantitative estimate of drug-likeness (QED) is 0.561. The van der Waals surface area contributed by atoms with Crippen LogP contribution in [0.3, 0.4) is 0 Å². The van der Waals surface area contributed by atoms with Gasteiger partial charge in [0, 0.05) is 5.41 Å². The molecule has 0 aromatic heterocycles. The first-order valence-corrected chi connectivity index (χ1v) is 5.80. The zero-order chi connectivity index (χ0) is 13.3. The van der Waals surface area contributed by atoms with Crippen molar-refractivity contribution in [3.05, 3.63) is 53.6 Å². The molecule has 0 spiro atoms. The van der Waals surface area contributed by atoms with E-state index >= 15 is 0 Å². The number of phenolic OH excluding ortho intramolecular Hbond substituents is 2. The average molecular weight is 243 g/mol. The lowest BCUT2D eigenvalue weighted by Gasteiger charge is -2.26. The number of nitrogens with two attached hydrogens (primary N) is 1. The fraction of sp³-hybridized carbons (Fsp3) is 0.200. The van der Waals surface area contributed by atoms with Gasteiger partial charge in [0.2, 0.25) is 0 Å². The van der Waals surface area contributed by atoms with E-state index in [2.05, 4.69) is 0 Å². The minimum absolute atomic E-state index is 0.0884. The summed E-state index contributed by atoms with van der Waals surface area (Å²) in [7, 11) is 0. The zero-order valence-corrected chi connectivity index (χ0v) is 10.5. The maximum atomic E-state index is 9.56. The second kappa shape index (κ2) is 4.26. The molecule has 0 fully saturated rings. The van der Waals surface area contributed by atoms with E-state index in [0.29, 0.717) is 5.69 Å². The minimum Gasteiger partial charge on any atom is -0.508 e. The molecule has 3 nitrogen and oxygen atoms in total. The molecule has 0 aliphatic carbocycles. The van der Waals surface area contributed by atoms with E-state index in [1.54, 1.807) is 24.3 Å². The van der Waals surface area contributed by atoms with Crippen molar-refractivity contribution in [3.63, 3.8) is 0 Å². The number of hydrogen-bond donors (Lipinski definition) is 3. The van der Waals surface area contributed by atoms with Crippen LogP contribution in [0.15, 0.2) is 42.5 Å². The summed E-state index contributed by atoms with van der Waals surface area (Å²) >= 11 is 0. The lowest BCUT2D eigenvalue weighted by molar-refractivity contribution is 0.471. The number of benzene rings is 2. The minimum atomic E-state index is -0.291. The standard InChI is InChI=1S/C15H17NO2/c1-15(2,10-4-3-5-12(17)8-10)11-6-7-14(18)13(16)9-11/h3-9,17-18H,16H2,1-2H3. The molecule has 18 heavy (non-hydrogen) atoms. The second-order valence-corrected chi connectivity index (χ2v) is 4.95. The van der Waals surface area contributed by atoms with Crippen LogP contribution in [0.1, 0.15) is 25.0 Å². The van der Waals surface area contributed by atoms with Gasteiger partial charge in [0.1, 0.15) is 11.5 Å². The van der Waals surface area contributed by atoms with E-state index in [1.165, 1.54) is 0 Å². The van der Waals surface area contributed by atoms with E-state index in [-0.39, 0.29) is 16.9 Å². The van der Waals surface area contributed by atoms with Gasteiger partial charge in [0.05, 0.1) is 5.69 Å². The third-order valence-corrected chi connectivity index (χ3v) is 3.32. The average Bonchev–Trinajstić information content (AvgIpc) is 2.32. The van der Waals surface area contributed by atoms with Gasteiger partial charge in [0.25, 0.3) is 0 Å². The highest BCUT2D eigenvalue weighted by atomic mass is 16.3. The second-order valence-electron chi connectivity index (χ2n) is 4.95. The van der Waals surface area contributed by atoms with Crippen LogP contribution in [0.25, 0.3) is 0 Å².